The zero-order valence-corrected chi connectivity index (χ0v) is 18.5. The number of hydrogen-bond acceptors (Lipinski definition) is 6. The van der Waals surface area contributed by atoms with Gasteiger partial charge in [0.25, 0.3) is 0 Å². The van der Waals surface area contributed by atoms with Crippen LogP contribution < -0.4 is 11.1 Å². The third kappa shape index (κ3) is 6.14. The minimum Gasteiger partial charge on any atom is -0.379 e. The molecule has 1 aliphatic heterocycles. The highest BCUT2D eigenvalue weighted by Gasteiger charge is 2.32. The van der Waals surface area contributed by atoms with E-state index < -0.39 is 5.54 Å². The van der Waals surface area contributed by atoms with Gasteiger partial charge in [-0.2, -0.15) is 0 Å². The molecule has 0 saturated carbocycles. The Labute approximate surface area is 179 Å². The summed E-state index contributed by atoms with van der Waals surface area (Å²) in [4.78, 5) is 29.2. The fourth-order valence-corrected chi connectivity index (χ4v) is 4.58. The predicted octanol–water partition coefficient (Wildman–Crippen LogP) is 5.18. The second-order valence-corrected chi connectivity index (χ2v) is 8.53. The number of nitrogens with one attached hydrogen (secondary N) is 1. The van der Waals surface area contributed by atoms with Crippen molar-refractivity contribution in [1.82, 2.24) is 0 Å². The zero-order chi connectivity index (χ0) is 21.4. The van der Waals surface area contributed by atoms with E-state index in [1.165, 1.54) is 35.2 Å². The minimum atomic E-state index is -0.755. The van der Waals surface area contributed by atoms with E-state index in [0.29, 0.717) is 27.7 Å². The van der Waals surface area contributed by atoms with Crippen molar-refractivity contribution in [3.8, 4) is 0 Å². The van der Waals surface area contributed by atoms with E-state index in [0.717, 1.165) is 5.75 Å². The zero-order valence-electron chi connectivity index (χ0n) is 16.8. The van der Waals surface area contributed by atoms with Gasteiger partial charge < -0.3 is 11.1 Å². The number of thiophene rings is 1. The molecule has 0 saturated heterocycles. The van der Waals surface area contributed by atoms with Crippen LogP contribution in [0.2, 0.25) is 0 Å². The van der Waals surface area contributed by atoms with Crippen molar-refractivity contribution in [1.29, 1.82) is 0 Å². The molecule has 1 amide bonds. The number of carbonyl (C=O) groups excluding carboxylic acids is 2. The van der Waals surface area contributed by atoms with Crippen molar-refractivity contribution in [3.63, 3.8) is 0 Å². The van der Waals surface area contributed by atoms with Gasteiger partial charge in [0, 0.05) is 29.8 Å². The number of nitrogens with two attached hydrogens (primary N) is 1. The summed E-state index contributed by atoms with van der Waals surface area (Å²) < 4.78 is 14.4. The molecular weight excluding hydrogens is 409 g/mol. The first-order chi connectivity index (χ1) is 13.9. The maximum atomic E-state index is 14.4. The lowest BCUT2D eigenvalue weighted by atomic mass is 9.89. The highest BCUT2D eigenvalue weighted by molar-refractivity contribution is 8.13. The van der Waals surface area contributed by atoms with Crippen LogP contribution in [0.3, 0.4) is 0 Å². The van der Waals surface area contributed by atoms with E-state index in [2.05, 4.69) is 10.3 Å². The van der Waals surface area contributed by atoms with Gasteiger partial charge in [0.15, 0.2) is 11.0 Å². The van der Waals surface area contributed by atoms with Crippen LogP contribution >= 0.6 is 23.1 Å². The average Bonchev–Trinajstić information content (AvgIpc) is 3.24. The van der Waals surface area contributed by atoms with Gasteiger partial charge in [-0.3, -0.25) is 14.6 Å². The van der Waals surface area contributed by atoms with Crippen molar-refractivity contribution >= 4 is 45.6 Å². The molecule has 1 aliphatic rings. The number of Topliss-reactive ketones (excluding diaryl/α,β-unsaturated/α-hetero) is 1. The van der Waals surface area contributed by atoms with E-state index in [1.807, 2.05) is 26.2 Å². The van der Waals surface area contributed by atoms with E-state index >= 15 is 0 Å². The Morgan fingerprint density at radius 3 is 2.69 bits per heavy atom. The molecule has 2 heterocycles. The molecule has 29 heavy (non-hydrogen) atoms. The number of aliphatic imine (C=N–C) groups is 1. The number of amidine groups is 1. The number of ketones is 1. The van der Waals surface area contributed by atoms with E-state index in [4.69, 9.17) is 5.73 Å². The summed E-state index contributed by atoms with van der Waals surface area (Å²) in [6.45, 7) is 5.84. The summed E-state index contributed by atoms with van der Waals surface area (Å²) in [6, 6.07) is 7.97. The number of thioether (sulfide) groups is 1. The number of anilines is 1. The van der Waals surface area contributed by atoms with E-state index in [9.17, 15) is 14.0 Å². The first-order valence-corrected chi connectivity index (χ1v) is 11.4. The maximum absolute atomic E-state index is 14.4. The van der Waals surface area contributed by atoms with Crippen LogP contribution in [0.5, 0.6) is 0 Å². The highest BCUT2D eigenvalue weighted by Crippen LogP contribution is 2.37. The van der Waals surface area contributed by atoms with Crippen LogP contribution in [0.4, 0.5) is 10.1 Å². The Morgan fingerprint density at radius 2 is 2.03 bits per heavy atom. The molecule has 5 nitrogen and oxygen atoms in total. The Morgan fingerprint density at radius 1 is 1.28 bits per heavy atom. The molecule has 0 bridgehead atoms. The maximum Gasteiger partial charge on any atom is 0.224 e. The number of rotatable bonds is 6. The van der Waals surface area contributed by atoms with Gasteiger partial charge in [0.05, 0.1) is 10.4 Å². The number of benzene rings is 1. The molecule has 0 aliphatic carbocycles. The molecule has 8 heteroatoms. The first kappa shape index (κ1) is 23.1. The fraction of sp³-hybridized carbons (Fsp3) is 0.381. The molecule has 1 aromatic carbocycles. The summed E-state index contributed by atoms with van der Waals surface area (Å²) in [7, 11) is 0. The molecule has 1 aromatic heterocycles. The van der Waals surface area contributed by atoms with Crippen molar-refractivity contribution in [3.05, 3.63) is 52.0 Å². The Bertz CT molecular complexity index is 884. The number of halogens is 1. The van der Waals surface area contributed by atoms with Crippen LogP contribution in [-0.4, -0.2) is 22.6 Å². The second kappa shape index (κ2) is 10.5. The van der Waals surface area contributed by atoms with E-state index in [-0.39, 0.29) is 30.3 Å². The Balaban J connectivity index is 0.00000145. The fourth-order valence-electron chi connectivity index (χ4n) is 2.91. The number of nitrogens with zero attached hydrogens (tertiary/aromatic N) is 1. The Kier molecular flexibility index (Phi) is 8.40. The van der Waals surface area contributed by atoms with Gasteiger partial charge in [0.1, 0.15) is 5.82 Å². The molecule has 3 rings (SSSR count). The summed E-state index contributed by atoms with van der Waals surface area (Å²) in [5.41, 5.74) is 5.94. The third-order valence-electron chi connectivity index (χ3n) is 4.40. The first-order valence-electron chi connectivity index (χ1n) is 9.52. The quantitative estimate of drug-likeness (QED) is 0.612. The molecule has 2 aromatic rings. The largest absolute Gasteiger partial charge is 0.379 e. The molecule has 0 radical (unpaired) electrons. The molecular formula is C21H26FN3O2S2. The third-order valence-corrected chi connectivity index (χ3v) is 6.11. The summed E-state index contributed by atoms with van der Waals surface area (Å²) in [6.07, 6.45) is 0.862. The lowest BCUT2D eigenvalue weighted by molar-refractivity contribution is -0.116. The highest BCUT2D eigenvalue weighted by atomic mass is 32.2. The number of carbonyl (C=O) groups is 2. The van der Waals surface area contributed by atoms with Gasteiger partial charge in [-0.05, 0) is 43.0 Å². The lowest BCUT2D eigenvalue weighted by Gasteiger charge is -2.30. The normalized spacial score (nSPS) is 18.3. The standard InChI is InChI=1S/C19H20FN3O2S2.C2H6/c1-19(8-10-27-18(21)23-19)13-11-12(4-5-14(13)20)22-17(25)7-6-15(24)16-3-2-9-26-16;1-2/h2-5,9,11H,6-8,10H2,1H3,(H2,21,23)(H,22,25);1-2H3. The van der Waals surface area contributed by atoms with Gasteiger partial charge in [0.2, 0.25) is 5.91 Å². The second-order valence-electron chi connectivity index (χ2n) is 6.47. The number of amides is 1. The molecule has 156 valence electrons. The van der Waals surface area contributed by atoms with Gasteiger partial charge in [-0.15, -0.1) is 11.3 Å². The van der Waals surface area contributed by atoms with Crippen LogP contribution in [-0.2, 0) is 10.3 Å². The molecule has 0 fully saturated rings. The predicted molar refractivity (Wildman–Crippen MR) is 120 cm³/mol. The molecule has 1 unspecified atom stereocenters. The average molecular weight is 436 g/mol. The summed E-state index contributed by atoms with van der Waals surface area (Å²) >= 11 is 2.81. The van der Waals surface area contributed by atoms with Gasteiger partial charge in [-0.1, -0.05) is 31.7 Å². The van der Waals surface area contributed by atoms with Crippen LogP contribution in [0.25, 0.3) is 0 Å². The summed E-state index contributed by atoms with van der Waals surface area (Å²) in [5, 5.41) is 5.00. The monoisotopic (exact) mass is 435 g/mol. The molecule has 3 N–H and O–H groups in total. The molecule has 0 spiro atoms. The molecule has 1 atom stereocenters. The Hall–Kier alpha value is -2.19. The SMILES string of the molecule is CC.CC1(c2cc(NC(=O)CCC(=O)c3cccs3)ccc2F)CCSC(N)=N1. The van der Waals surface area contributed by atoms with Crippen LogP contribution in [0.1, 0.15) is 55.3 Å². The van der Waals surface area contributed by atoms with Crippen LogP contribution in [0.15, 0.2) is 40.7 Å². The minimum absolute atomic E-state index is 0.0584. The topological polar surface area (TPSA) is 84.5 Å². The summed E-state index contributed by atoms with van der Waals surface area (Å²) in [5.74, 6) is 0.0285. The van der Waals surface area contributed by atoms with E-state index in [1.54, 1.807) is 18.2 Å². The smallest absolute Gasteiger partial charge is 0.224 e. The lowest BCUT2D eigenvalue weighted by Crippen LogP contribution is -2.29. The van der Waals surface area contributed by atoms with Crippen molar-refractivity contribution < 1.29 is 14.0 Å². The van der Waals surface area contributed by atoms with Crippen LogP contribution in [0, 0.1) is 5.82 Å². The van der Waals surface area contributed by atoms with Gasteiger partial charge >= 0.3 is 0 Å². The number of hydrogen-bond donors (Lipinski definition) is 2. The van der Waals surface area contributed by atoms with Crippen molar-refractivity contribution in [2.24, 2.45) is 10.7 Å². The van der Waals surface area contributed by atoms with Crippen molar-refractivity contribution in [2.45, 2.75) is 45.6 Å². The van der Waals surface area contributed by atoms with Gasteiger partial charge in [-0.25, -0.2) is 4.39 Å². The van der Waals surface area contributed by atoms with Crippen molar-refractivity contribution in [2.75, 3.05) is 11.1 Å².